The zero-order valence-electron chi connectivity index (χ0n) is 11.5. The molecule has 0 fully saturated rings. The molecule has 0 N–H and O–H groups in total. The van der Waals surface area contributed by atoms with Crippen molar-refractivity contribution in [3.05, 3.63) is 66.1 Å². The molecule has 0 unspecified atom stereocenters. The van der Waals surface area contributed by atoms with E-state index in [-0.39, 0.29) is 12.6 Å². The summed E-state index contributed by atoms with van der Waals surface area (Å²) in [7, 11) is 1.79. The average molecular weight is 282 g/mol. The summed E-state index contributed by atoms with van der Waals surface area (Å²) < 4.78 is 12.2. The molecule has 0 bridgehead atoms. The summed E-state index contributed by atoms with van der Waals surface area (Å²) in [5.74, 6) is 0.271. The molecule has 21 heavy (non-hydrogen) atoms. The van der Waals surface area contributed by atoms with Crippen molar-refractivity contribution in [2.24, 2.45) is 7.05 Å². The van der Waals surface area contributed by atoms with Crippen LogP contribution >= 0.6 is 0 Å². The zero-order chi connectivity index (χ0) is 14.7. The van der Waals surface area contributed by atoms with E-state index in [4.69, 9.17) is 9.26 Å². The Kier molecular flexibility index (Phi) is 3.55. The van der Waals surface area contributed by atoms with Gasteiger partial charge in [0.2, 0.25) is 0 Å². The topological polar surface area (TPSA) is 57.3 Å². The first-order valence-corrected chi connectivity index (χ1v) is 6.53. The van der Waals surface area contributed by atoms with Crippen molar-refractivity contribution in [3.63, 3.8) is 0 Å². The fourth-order valence-corrected chi connectivity index (χ4v) is 2.00. The number of carbonyl (C=O) groups excluding carboxylic acids is 1. The Hall–Kier alpha value is -2.82. The van der Waals surface area contributed by atoms with Crippen LogP contribution in [0.4, 0.5) is 0 Å². The van der Waals surface area contributed by atoms with E-state index >= 15 is 0 Å². The highest BCUT2D eigenvalue weighted by Gasteiger charge is 2.12. The summed E-state index contributed by atoms with van der Waals surface area (Å²) in [6.07, 6.45) is 1.79. The van der Waals surface area contributed by atoms with Gasteiger partial charge in [0.05, 0.1) is 0 Å². The van der Waals surface area contributed by atoms with Crippen LogP contribution in [0, 0.1) is 0 Å². The Balaban J connectivity index is 1.66. The Morgan fingerprint density at radius 1 is 1.24 bits per heavy atom. The van der Waals surface area contributed by atoms with Crippen molar-refractivity contribution >= 4 is 5.97 Å². The van der Waals surface area contributed by atoms with E-state index in [1.165, 1.54) is 0 Å². The van der Waals surface area contributed by atoms with Crippen LogP contribution in [-0.2, 0) is 18.4 Å². The lowest BCUT2D eigenvalue weighted by atomic mass is 10.2. The fourth-order valence-electron chi connectivity index (χ4n) is 2.00. The third-order valence-corrected chi connectivity index (χ3v) is 3.12. The normalized spacial score (nSPS) is 10.5. The summed E-state index contributed by atoms with van der Waals surface area (Å²) in [6, 6.07) is 14.9. The van der Waals surface area contributed by atoms with Gasteiger partial charge in [-0.3, -0.25) is 0 Å². The Morgan fingerprint density at radius 2 is 2.05 bits per heavy atom. The first kappa shape index (κ1) is 13.2. The third-order valence-electron chi connectivity index (χ3n) is 3.12. The number of rotatable bonds is 4. The highest BCUT2D eigenvalue weighted by Crippen LogP contribution is 2.20. The van der Waals surface area contributed by atoms with Gasteiger partial charge < -0.3 is 13.8 Å². The van der Waals surface area contributed by atoms with Gasteiger partial charge in [-0.1, -0.05) is 35.5 Å². The van der Waals surface area contributed by atoms with Crippen LogP contribution in [0.1, 0.15) is 16.2 Å². The lowest BCUT2D eigenvalue weighted by Crippen LogP contribution is -2.09. The molecule has 0 saturated carbocycles. The third kappa shape index (κ3) is 2.86. The molecule has 0 amide bonds. The molecule has 0 saturated heterocycles. The summed E-state index contributed by atoms with van der Waals surface area (Å²) in [4.78, 5) is 11.9. The second-order valence-electron chi connectivity index (χ2n) is 4.63. The van der Waals surface area contributed by atoms with Gasteiger partial charge in [0.1, 0.15) is 18.0 Å². The number of aryl methyl sites for hydroxylation is 1. The van der Waals surface area contributed by atoms with Gasteiger partial charge in [-0.25, -0.2) is 4.79 Å². The molecule has 106 valence electrons. The molecular weight excluding hydrogens is 268 g/mol. The average Bonchev–Trinajstić information content (AvgIpc) is 3.15. The van der Waals surface area contributed by atoms with Crippen molar-refractivity contribution < 1.29 is 14.1 Å². The van der Waals surface area contributed by atoms with Crippen LogP contribution < -0.4 is 0 Å². The molecule has 2 aromatic heterocycles. The van der Waals surface area contributed by atoms with Crippen LogP contribution in [0.25, 0.3) is 11.3 Å². The van der Waals surface area contributed by atoms with Crippen molar-refractivity contribution in [1.29, 1.82) is 0 Å². The van der Waals surface area contributed by atoms with Gasteiger partial charge in [-0.2, -0.15) is 0 Å². The Bertz CT molecular complexity index is 744. The molecule has 5 nitrogen and oxygen atoms in total. The number of aromatic nitrogens is 2. The number of carbonyl (C=O) groups is 1. The Labute approximate surface area is 121 Å². The van der Waals surface area contributed by atoms with Gasteiger partial charge in [0, 0.05) is 24.9 Å². The monoisotopic (exact) mass is 282 g/mol. The van der Waals surface area contributed by atoms with Gasteiger partial charge in [0.15, 0.2) is 5.76 Å². The van der Waals surface area contributed by atoms with Crippen molar-refractivity contribution in [2.75, 3.05) is 0 Å². The molecule has 2 heterocycles. The smallest absolute Gasteiger partial charge is 0.355 e. The molecule has 3 aromatic rings. The Morgan fingerprint density at radius 3 is 2.76 bits per heavy atom. The van der Waals surface area contributed by atoms with E-state index in [0.717, 1.165) is 5.56 Å². The van der Waals surface area contributed by atoms with Crippen molar-refractivity contribution in [3.8, 4) is 11.3 Å². The summed E-state index contributed by atoms with van der Waals surface area (Å²) in [6.45, 7) is 0.0837. The maximum absolute atomic E-state index is 11.9. The van der Waals surface area contributed by atoms with Crippen LogP contribution in [0.15, 0.2) is 59.3 Å². The molecule has 0 radical (unpaired) electrons. The predicted octanol–water partition coefficient (Wildman–Crippen LogP) is 3.04. The molecule has 5 heteroatoms. The zero-order valence-corrected chi connectivity index (χ0v) is 11.5. The molecule has 0 spiro atoms. The second kappa shape index (κ2) is 5.66. The molecule has 0 aliphatic rings. The van der Waals surface area contributed by atoms with E-state index in [9.17, 15) is 4.79 Å². The number of nitrogens with zero attached hydrogens (tertiary/aromatic N) is 2. The number of esters is 1. The van der Waals surface area contributed by atoms with Crippen molar-refractivity contribution in [1.82, 2.24) is 9.72 Å². The minimum absolute atomic E-state index is 0.0837. The lowest BCUT2D eigenvalue weighted by Gasteiger charge is -2.03. The van der Waals surface area contributed by atoms with Crippen LogP contribution in [0.3, 0.4) is 0 Å². The van der Waals surface area contributed by atoms with E-state index < -0.39 is 0 Å². The van der Waals surface area contributed by atoms with E-state index in [2.05, 4.69) is 5.16 Å². The van der Waals surface area contributed by atoms with E-state index in [1.54, 1.807) is 36.0 Å². The first-order valence-electron chi connectivity index (χ1n) is 6.53. The van der Waals surface area contributed by atoms with Gasteiger partial charge in [-0.05, 0) is 12.1 Å². The number of benzene rings is 1. The fraction of sp³-hybridized carbons (Fsp3) is 0.125. The maximum atomic E-state index is 11.9. The molecule has 0 aliphatic heterocycles. The van der Waals surface area contributed by atoms with E-state index in [0.29, 0.717) is 17.1 Å². The summed E-state index contributed by atoms with van der Waals surface area (Å²) >= 11 is 0. The standard InChI is InChI=1S/C16H14N2O3/c1-18-9-5-8-14(18)16(19)20-11-13-10-15(21-17-13)12-6-3-2-4-7-12/h2-10H,11H2,1H3. The lowest BCUT2D eigenvalue weighted by molar-refractivity contribution is 0.0453. The van der Waals surface area contributed by atoms with Crippen LogP contribution in [0.2, 0.25) is 0 Å². The minimum atomic E-state index is -0.383. The molecule has 3 rings (SSSR count). The minimum Gasteiger partial charge on any atom is -0.454 e. The predicted molar refractivity (Wildman–Crippen MR) is 76.5 cm³/mol. The highest BCUT2D eigenvalue weighted by atomic mass is 16.5. The molecule has 0 atom stereocenters. The largest absolute Gasteiger partial charge is 0.454 e. The quantitative estimate of drug-likeness (QED) is 0.690. The summed E-state index contributed by atoms with van der Waals surface area (Å²) in [5.41, 5.74) is 2.02. The van der Waals surface area contributed by atoms with Gasteiger partial charge in [0.25, 0.3) is 0 Å². The van der Waals surface area contributed by atoms with Crippen LogP contribution in [-0.4, -0.2) is 15.7 Å². The number of ether oxygens (including phenoxy) is 1. The SMILES string of the molecule is Cn1cccc1C(=O)OCc1cc(-c2ccccc2)on1. The molecule has 0 aliphatic carbocycles. The highest BCUT2D eigenvalue weighted by molar-refractivity contribution is 5.87. The first-order chi connectivity index (χ1) is 10.2. The van der Waals surface area contributed by atoms with Crippen molar-refractivity contribution in [2.45, 2.75) is 6.61 Å². The van der Waals surface area contributed by atoms with Gasteiger partial charge in [-0.15, -0.1) is 0 Å². The number of hydrogen-bond donors (Lipinski definition) is 0. The summed E-state index contributed by atoms with van der Waals surface area (Å²) in [5, 5.41) is 3.91. The van der Waals surface area contributed by atoms with Crippen LogP contribution in [0.5, 0.6) is 0 Å². The number of hydrogen-bond acceptors (Lipinski definition) is 4. The van der Waals surface area contributed by atoms with E-state index in [1.807, 2.05) is 30.3 Å². The van der Waals surface area contributed by atoms with Gasteiger partial charge >= 0.3 is 5.97 Å². The molecule has 1 aromatic carbocycles. The second-order valence-corrected chi connectivity index (χ2v) is 4.63. The molecular formula is C16H14N2O3. The maximum Gasteiger partial charge on any atom is 0.355 e.